The zero-order valence-electron chi connectivity index (χ0n) is 11.1. The Morgan fingerprint density at radius 3 is 2.89 bits per heavy atom. The van der Waals surface area contributed by atoms with Gasteiger partial charge < -0.3 is 15.6 Å². The van der Waals surface area contributed by atoms with Gasteiger partial charge in [0.1, 0.15) is 11.3 Å². The molecule has 3 N–H and O–H groups in total. The van der Waals surface area contributed by atoms with Crippen LogP contribution >= 0.6 is 0 Å². The fourth-order valence-corrected chi connectivity index (χ4v) is 2.40. The van der Waals surface area contributed by atoms with Gasteiger partial charge in [0.2, 0.25) is 0 Å². The third-order valence-corrected chi connectivity index (χ3v) is 3.47. The second kappa shape index (κ2) is 5.59. The molecule has 1 aliphatic heterocycles. The van der Waals surface area contributed by atoms with E-state index in [4.69, 9.17) is 15.6 Å². The molecule has 1 heterocycles. The van der Waals surface area contributed by atoms with Crippen molar-refractivity contribution in [3.8, 4) is 5.75 Å². The van der Waals surface area contributed by atoms with Gasteiger partial charge in [-0.15, -0.1) is 0 Å². The fraction of sp³-hybridized carbons (Fsp3) is 0.500. The highest BCUT2D eigenvalue weighted by molar-refractivity contribution is 5.79. The lowest BCUT2D eigenvalue weighted by atomic mass is 10.0. The quantitative estimate of drug-likeness (QED) is 0.832. The van der Waals surface area contributed by atoms with Gasteiger partial charge in [0, 0.05) is 25.2 Å². The highest BCUT2D eigenvalue weighted by atomic mass is 16.5. The zero-order valence-corrected chi connectivity index (χ0v) is 11.1. The molecule has 1 aliphatic rings. The summed E-state index contributed by atoms with van der Waals surface area (Å²) in [7, 11) is 0. The zero-order chi connectivity index (χ0) is 13.9. The van der Waals surface area contributed by atoms with Gasteiger partial charge >= 0.3 is 5.97 Å². The fourth-order valence-electron chi connectivity index (χ4n) is 2.40. The second-order valence-electron chi connectivity index (χ2n) is 4.96. The van der Waals surface area contributed by atoms with Crippen molar-refractivity contribution in [2.45, 2.75) is 25.4 Å². The predicted molar refractivity (Wildman–Crippen MR) is 72.1 cm³/mol. The van der Waals surface area contributed by atoms with Gasteiger partial charge in [-0.2, -0.15) is 0 Å². The minimum atomic E-state index is -1.11. The van der Waals surface area contributed by atoms with E-state index in [1.54, 1.807) is 0 Å². The first-order valence-electron chi connectivity index (χ1n) is 6.50. The number of likely N-dealkylation sites (tertiary alicyclic amines) is 1. The van der Waals surface area contributed by atoms with E-state index in [1.807, 2.05) is 31.2 Å². The van der Waals surface area contributed by atoms with Crippen LogP contribution in [0.5, 0.6) is 5.75 Å². The summed E-state index contributed by atoms with van der Waals surface area (Å²) in [6.07, 6.45) is 0.485. The highest BCUT2D eigenvalue weighted by Gasteiger charge is 2.41. The smallest absolute Gasteiger partial charge is 0.325 e. The van der Waals surface area contributed by atoms with Crippen LogP contribution in [-0.2, 0) is 11.3 Å². The van der Waals surface area contributed by atoms with Crippen molar-refractivity contribution >= 4 is 5.97 Å². The predicted octanol–water partition coefficient (Wildman–Crippen LogP) is 1.07. The number of carboxylic acids is 1. The molecule has 19 heavy (non-hydrogen) atoms. The summed E-state index contributed by atoms with van der Waals surface area (Å²) in [6, 6.07) is 7.83. The number of hydrogen-bond acceptors (Lipinski definition) is 4. The Kier molecular flexibility index (Phi) is 4.07. The summed E-state index contributed by atoms with van der Waals surface area (Å²) in [6.45, 7) is 4.31. The molecule has 0 amide bonds. The van der Waals surface area contributed by atoms with Gasteiger partial charge in [-0.1, -0.05) is 18.2 Å². The van der Waals surface area contributed by atoms with Crippen LogP contribution in [0.25, 0.3) is 0 Å². The lowest BCUT2D eigenvalue weighted by Gasteiger charge is -2.21. The van der Waals surface area contributed by atoms with Crippen LogP contribution in [0.1, 0.15) is 18.9 Å². The molecule has 104 valence electrons. The van der Waals surface area contributed by atoms with Gasteiger partial charge in [0.05, 0.1) is 6.61 Å². The lowest BCUT2D eigenvalue weighted by Crippen LogP contribution is -2.50. The molecule has 1 saturated heterocycles. The van der Waals surface area contributed by atoms with Gasteiger partial charge in [-0.25, -0.2) is 0 Å². The molecule has 5 heteroatoms. The van der Waals surface area contributed by atoms with Crippen LogP contribution in [0.2, 0.25) is 0 Å². The summed E-state index contributed by atoms with van der Waals surface area (Å²) < 4.78 is 5.57. The normalized spacial score (nSPS) is 23.5. The average molecular weight is 264 g/mol. The van der Waals surface area contributed by atoms with Crippen molar-refractivity contribution < 1.29 is 14.6 Å². The van der Waals surface area contributed by atoms with Gasteiger partial charge in [-0.3, -0.25) is 9.69 Å². The number of carboxylic acid groups (broad SMARTS) is 1. The van der Waals surface area contributed by atoms with E-state index in [0.29, 0.717) is 32.7 Å². The number of hydrogen-bond donors (Lipinski definition) is 2. The molecule has 0 saturated carbocycles. The molecule has 1 aromatic carbocycles. The number of nitrogens with two attached hydrogens (primary N) is 1. The molecule has 1 atom stereocenters. The molecule has 0 radical (unpaired) electrons. The molecule has 1 fully saturated rings. The molecule has 0 aromatic heterocycles. The first kappa shape index (κ1) is 13.8. The number of rotatable bonds is 5. The van der Waals surface area contributed by atoms with Crippen LogP contribution in [-0.4, -0.2) is 41.2 Å². The minimum Gasteiger partial charge on any atom is -0.494 e. The van der Waals surface area contributed by atoms with Crippen LogP contribution in [0.15, 0.2) is 24.3 Å². The maximum Gasteiger partial charge on any atom is 0.325 e. The van der Waals surface area contributed by atoms with Crippen molar-refractivity contribution in [2.24, 2.45) is 5.73 Å². The van der Waals surface area contributed by atoms with Gasteiger partial charge in [0.25, 0.3) is 0 Å². The van der Waals surface area contributed by atoms with Crippen molar-refractivity contribution in [2.75, 3.05) is 19.7 Å². The Bertz CT molecular complexity index is 464. The van der Waals surface area contributed by atoms with E-state index in [2.05, 4.69) is 4.90 Å². The van der Waals surface area contributed by atoms with Crippen molar-refractivity contribution in [1.29, 1.82) is 0 Å². The summed E-state index contributed by atoms with van der Waals surface area (Å²) in [5, 5.41) is 9.12. The topological polar surface area (TPSA) is 75.8 Å². The third kappa shape index (κ3) is 3.05. The molecule has 0 bridgehead atoms. The Morgan fingerprint density at radius 1 is 1.53 bits per heavy atom. The molecular weight excluding hydrogens is 244 g/mol. The van der Waals surface area contributed by atoms with Crippen LogP contribution in [0, 0.1) is 0 Å². The molecule has 0 spiro atoms. The van der Waals surface area contributed by atoms with Crippen molar-refractivity contribution in [3.63, 3.8) is 0 Å². The largest absolute Gasteiger partial charge is 0.494 e. The number of carbonyl (C=O) groups is 1. The number of para-hydroxylation sites is 1. The number of ether oxygens (including phenoxy) is 1. The van der Waals surface area contributed by atoms with Crippen molar-refractivity contribution in [3.05, 3.63) is 29.8 Å². The summed E-state index contributed by atoms with van der Waals surface area (Å²) in [5.74, 6) is -0.0667. The molecular formula is C14H20N2O3. The van der Waals surface area contributed by atoms with E-state index in [-0.39, 0.29) is 0 Å². The Morgan fingerprint density at radius 2 is 2.26 bits per heavy atom. The second-order valence-corrected chi connectivity index (χ2v) is 4.96. The molecule has 5 nitrogen and oxygen atoms in total. The standard InChI is InChI=1S/C14H20N2O3/c1-2-19-12-6-4-3-5-11(12)9-16-8-7-14(15,10-16)13(17)18/h3-6H,2,7-10,15H2,1H3,(H,17,18). The van der Waals surface area contributed by atoms with Crippen molar-refractivity contribution in [1.82, 2.24) is 4.90 Å². The SMILES string of the molecule is CCOc1ccccc1CN1CCC(N)(C(=O)O)C1. The molecule has 2 rings (SSSR count). The molecule has 0 aliphatic carbocycles. The third-order valence-electron chi connectivity index (χ3n) is 3.47. The van der Waals surface area contributed by atoms with Crippen LogP contribution < -0.4 is 10.5 Å². The minimum absolute atomic E-state index is 0.378. The maximum atomic E-state index is 11.1. The van der Waals surface area contributed by atoms with E-state index in [0.717, 1.165) is 11.3 Å². The van der Waals surface area contributed by atoms with Crippen LogP contribution in [0.4, 0.5) is 0 Å². The Hall–Kier alpha value is -1.59. The first-order chi connectivity index (χ1) is 9.05. The molecule has 1 aromatic rings. The maximum absolute atomic E-state index is 11.1. The number of benzene rings is 1. The van der Waals surface area contributed by atoms with E-state index in [1.165, 1.54) is 0 Å². The van der Waals surface area contributed by atoms with Gasteiger partial charge in [-0.05, 0) is 19.4 Å². The number of aliphatic carboxylic acids is 1. The van der Waals surface area contributed by atoms with E-state index in [9.17, 15) is 4.79 Å². The first-order valence-corrected chi connectivity index (χ1v) is 6.50. The monoisotopic (exact) mass is 264 g/mol. The summed E-state index contributed by atoms with van der Waals surface area (Å²) in [5.41, 5.74) is 5.83. The summed E-state index contributed by atoms with van der Waals surface area (Å²) >= 11 is 0. The van der Waals surface area contributed by atoms with Gasteiger partial charge in [0.15, 0.2) is 0 Å². The number of nitrogens with zero attached hydrogens (tertiary/aromatic N) is 1. The van der Waals surface area contributed by atoms with E-state index >= 15 is 0 Å². The molecule has 1 unspecified atom stereocenters. The highest BCUT2D eigenvalue weighted by Crippen LogP contribution is 2.25. The summed E-state index contributed by atoms with van der Waals surface area (Å²) in [4.78, 5) is 13.2. The van der Waals surface area contributed by atoms with Crippen LogP contribution in [0.3, 0.4) is 0 Å². The Labute approximate surface area is 113 Å². The van der Waals surface area contributed by atoms with E-state index < -0.39 is 11.5 Å². The average Bonchev–Trinajstić information content (AvgIpc) is 2.75. The lowest BCUT2D eigenvalue weighted by molar-refractivity contribution is -0.142. The Balaban J connectivity index is 2.05.